The van der Waals surface area contributed by atoms with E-state index in [0.29, 0.717) is 19.4 Å². The molecule has 1 aliphatic rings. The molecule has 1 unspecified atom stereocenters. The number of likely N-dealkylation sites (tertiary alicyclic amines) is 1. The van der Waals surface area contributed by atoms with E-state index < -0.39 is 17.5 Å². The second kappa shape index (κ2) is 8.49. The first-order chi connectivity index (χ1) is 13.0. The van der Waals surface area contributed by atoms with Crippen molar-refractivity contribution in [2.45, 2.75) is 45.0 Å². The molecule has 0 spiro atoms. The van der Waals surface area contributed by atoms with E-state index >= 15 is 0 Å². The van der Waals surface area contributed by atoms with Crippen LogP contribution in [0.2, 0.25) is 0 Å². The van der Waals surface area contributed by atoms with Crippen LogP contribution in [0, 0.1) is 5.82 Å². The van der Waals surface area contributed by atoms with Crippen molar-refractivity contribution in [2.24, 2.45) is 0 Å². The number of halogens is 1. The summed E-state index contributed by atoms with van der Waals surface area (Å²) in [5.74, 6) is -0.698. The van der Waals surface area contributed by atoms with Crippen molar-refractivity contribution in [3.05, 3.63) is 62.6 Å². The van der Waals surface area contributed by atoms with Crippen LogP contribution in [0.1, 0.15) is 24.8 Å². The average molecular weight is 377 g/mol. The number of benzene rings is 1. The van der Waals surface area contributed by atoms with Gasteiger partial charge >= 0.3 is 5.69 Å². The van der Waals surface area contributed by atoms with Crippen LogP contribution < -0.4 is 11.2 Å². The molecule has 1 atom stereocenters. The molecule has 2 aromatic rings. The molecule has 1 aromatic heterocycles. The van der Waals surface area contributed by atoms with Gasteiger partial charge in [0.15, 0.2) is 0 Å². The first-order valence-corrected chi connectivity index (χ1v) is 9.16. The van der Waals surface area contributed by atoms with Gasteiger partial charge < -0.3 is 10.2 Å². The summed E-state index contributed by atoms with van der Waals surface area (Å²) in [6.07, 6.45) is 2.22. The molecule has 2 heterocycles. The van der Waals surface area contributed by atoms with E-state index in [1.54, 1.807) is 12.1 Å². The number of aromatic hydroxyl groups is 1. The fourth-order valence-electron chi connectivity index (χ4n) is 3.41. The van der Waals surface area contributed by atoms with Gasteiger partial charge in [0.05, 0.1) is 6.07 Å². The molecular weight excluding hydrogens is 353 g/mol. The maximum Gasteiger partial charge on any atom is 0.333 e. The van der Waals surface area contributed by atoms with E-state index in [1.807, 2.05) is 4.90 Å². The molecule has 0 bridgehead atoms. The van der Waals surface area contributed by atoms with Crippen LogP contribution >= 0.6 is 0 Å². The summed E-state index contributed by atoms with van der Waals surface area (Å²) in [6, 6.07) is 6.93. The summed E-state index contributed by atoms with van der Waals surface area (Å²) >= 11 is 0. The van der Waals surface area contributed by atoms with Gasteiger partial charge in [-0.1, -0.05) is 12.1 Å². The molecule has 1 fully saturated rings. The van der Waals surface area contributed by atoms with Gasteiger partial charge in [0, 0.05) is 26.2 Å². The first-order valence-electron chi connectivity index (χ1n) is 9.16. The van der Waals surface area contributed by atoms with E-state index in [2.05, 4.69) is 0 Å². The Morgan fingerprint density at radius 3 is 2.48 bits per heavy atom. The van der Waals surface area contributed by atoms with Gasteiger partial charge in [0.1, 0.15) is 12.0 Å². The zero-order chi connectivity index (χ0) is 19.4. The minimum Gasteiger partial charge on any atom is -0.494 e. The van der Waals surface area contributed by atoms with E-state index in [9.17, 15) is 24.2 Å². The van der Waals surface area contributed by atoms with Crippen molar-refractivity contribution < 1.29 is 14.6 Å². The number of aryl methyl sites for hydroxylation is 1. The number of hydrogen-bond donors (Lipinski definition) is 2. The average Bonchev–Trinajstić information content (AvgIpc) is 3.04. The Morgan fingerprint density at radius 2 is 1.81 bits per heavy atom. The van der Waals surface area contributed by atoms with Crippen LogP contribution in [-0.4, -0.2) is 43.6 Å². The lowest BCUT2D eigenvalue weighted by atomic mass is 10.1. The van der Waals surface area contributed by atoms with Crippen molar-refractivity contribution >= 4 is 0 Å². The Labute approximate surface area is 155 Å². The maximum atomic E-state index is 13.0. The van der Waals surface area contributed by atoms with Crippen molar-refractivity contribution in [3.8, 4) is 5.88 Å². The summed E-state index contributed by atoms with van der Waals surface area (Å²) in [7, 11) is 0. The largest absolute Gasteiger partial charge is 0.494 e. The fraction of sp³-hybridized carbons (Fsp3) is 0.474. The smallest absolute Gasteiger partial charge is 0.333 e. The molecule has 1 aliphatic heterocycles. The van der Waals surface area contributed by atoms with Crippen LogP contribution in [0.15, 0.2) is 39.9 Å². The third-order valence-electron chi connectivity index (χ3n) is 4.95. The van der Waals surface area contributed by atoms with Crippen molar-refractivity contribution in [1.29, 1.82) is 0 Å². The summed E-state index contributed by atoms with van der Waals surface area (Å²) < 4.78 is 15.2. The molecule has 7 nitrogen and oxygen atoms in total. The zero-order valence-electron chi connectivity index (χ0n) is 15.1. The van der Waals surface area contributed by atoms with Crippen LogP contribution in [0.25, 0.3) is 0 Å². The van der Waals surface area contributed by atoms with E-state index in [-0.39, 0.29) is 24.8 Å². The third kappa shape index (κ3) is 4.64. The van der Waals surface area contributed by atoms with Gasteiger partial charge in [-0.15, -0.1) is 0 Å². The number of aromatic nitrogens is 2. The Balaban J connectivity index is 1.69. The molecule has 2 N–H and O–H groups in total. The maximum absolute atomic E-state index is 13.0. The van der Waals surface area contributed by atoms with Gasteiger partial charge in [0.2, 0.25) is 5.88 Å². The highest BCUT2D eigenvalue weighted by Crippen LogP contribution is 2.15. The lowest BCUT2D eigenvalue weighted by Gasteiger charge is -2.20. The van der Waals surface area contributed by atoms with Gasteiger partial charge in [-0.3, -0.25) is 18.8 Å². The van der Waals surface area contributed by atoms with Gasteiger partial charge in [-0.25, -0.2) is 9.18 Å². The molecule has 27 heavy (non-hydrogen) atoms. The van der Waals surface area contributed by atoms with E-state index in [4.69, 9.17) is 0 Å². The lowest BCUT2D eigenvalue weighted by Crippen LogP contribution is -2.40. The van der Waals surface area contributed by atoms with Crippen LogP contribution in [0.5, 0.6) is 5.88 Å². The molecule has 146 valence electrons. The third-order valence-corrected chi connectivity index (χ3v) is 4.95. The Morgan fingerprint density at radius 1 is 1.07 bits per heavy atom. The number of nitrogens with zero attached hydrogens (tertiary/aromatic N) is 3. The minimum absolute atomic E-state index is 0.147. The SMILES string of the molecule is O=c1cc(O)n(CCCN2CCCC2O)c(=O)n1CCc1ccc(F)cc1. The predicted molar refractivity (Wildman–Crippen MR) is 98.2 cm³/mol. The molecule has 1 aromatic carbocycles. The topological polar surface area (TPSA) is 87.7 Å². The number of aliphatic hydroxyl groups excluding tert-OH is 1. The monoisotopic (exact) mass is 377 g/mol. The molecule has 0 radical (unpaired) electrons. The van der Waals surface area contributed by atoms with Gasteiger partial charge in [0.25, 0.3) is 5.56 Å². The standard InChI is InChI=1S/C19H24FN3O4/c20-15-6-4-14(5-7-15)8-12-23-18(26)13-17(25)22(19(23)27)11-2-10-21-9-1-3-16(21)24/h4-7,13,16,24-25H,1-3,8-12H2. The van der Waals surface area contributed by atoms with Crippen LogP contribution in [0.4, 0.5) is 4.39 Å². The second-order valence-electron chi connectivity index (χ2n) is 6.82. The molecule has 0 saturated carbocycles. The quantitative estimate of drug-likeness (QED) is 0.749. The highest BCUT2D eigenvalue weighted by molar-refractivity contribution is 5.16. The summed E-state index contributed by atoms with van der Waals surface area (Å²) in [5.41, 5.74) is -0.319. The van der Waals surface area contributed by atoms with Crippen molar-refractivity contribution in [3.63, 3.8) is 0 Å². The minimum atomic E-state index is -0.566. The molecule has 8 heteroatoms. The van der Waals surface area contributed by atoms with Crippen LogP contribution in [-0.2, 0) is 19.5 Å². The molecular formula is C19H24FN3O4. The van der Waals surface area contributed by atoms with Gasteiger partial charge in [-0.05, 0) is 43.4 Å². The normalized spacial score (nSPS) is 17.5. The Bertz CT molecular complexity index is 891. The van der Waals surface area contributed by atoms with Gasteiger partial charge in [-0.2, -0.15) is 0 Å². The zero-order valence-corrected chi connectivity index (χ0v) is 15.1. The van der Waals surface area contributed by atoms with E-state index in [1.165, 1.54) is 16.7 Å². The number of rotatable bonds is 7. The summed E-state index contributed by atoms with van der Waals surface area (Å²) in [4.78, 5) is 26.7. The Kier molecular flexibility index (Phi) is 6.08. The highest BCUT2D eigenvalue weighted by atomic mass is 19.1. The highest BCUT2D eigenvalue weighted by Gasteiger charge is 2.21. The van der Waals surface area contributed by atoms with Crippen LogP contribution in [0.3, 0.4) is 0 Å². The predicted octanol–water partition coefficient (Wildman–Crippen LogP) is 0.902. The molecule has 1 saturated heterocycles. The lowest BCUT2D eigenvalue weighted by molar-refractivity contribution is 0.0367. The number of hydrogen-bond acceptors (Lipinski definition) is 5. The van der Waals surface area contributed by atoms with E-state index in [0.717, 1.165) is 35.6 Å². The second-order valence-corrected chi connectivity index (χ2v) is 6.82. The molecule has 3 rings (SSSR count). The van der Waals surface area contributed by atoms with Crippen molar-refractivity contribution in [1.82, 2.24) is 14.0 Å². The molecule has 0 aliphatic carbocycles. The van der Waals surface area contributed by atoms with Crippen molar-refractivity contribution in [2.75, 3.05) is 13.1 Å². The Hall–Kier alpha value is -2.45. The summed E-state index contributed by atoms with van der Waals surface area (Å²) in [5, 5.41) is 19.8. The summed E-state index contributed by atoms with van der Waals surface area (Å²) in [6.45, 7) is 1.83. The number of aliphatic hydroxyl groups is 1. The fourth-order valence-corrected chi connectivity index (χ4v) is 3.41. The molecule has 0 amide bonds. The first kappa shape index (κ1) is 19.3.